The van der Waals surface area contributed by atoms with Crippen LogP contribution in [0.5, 0.6) is 5.75 Å². The highest BCUT2D eigenvalue weighted by molar-refractivity contribution is 9.10. The van der Waals surface area contributed by atoms with E-state index in [4.69, 9.17) is 4.74 Å². The Labute approximate surface area is 263 Å². The average Bonchev–Trinajstić information content (AvgIpc) is 2.98. The normalized spacial score (nSPS) is 18.5. The average molecular weight is 667 g/mol. The quantitative estimate of drug-likeness (QED) is 0.261. The fourth-order valence-electron chi connectivity index (χ4n) is 5.87. The lowest BCUT2D eigenvalue weighted by Gasteiger charge is -2.49. The lowest BCUT2D eigenvalue weighted by molar-refractivity contribution is -0.119. The molecule has 0 saturated carbocycles. The highest BCUT2D eigenvalue weighted by Crippen LogP contribution is 2.39. The Morgan fingerprint density at radius 1 is 1.02 bits per heavy atom. The Kier molecular flexibility index (Phi) is 9.24. The van der Waals surface area contributed by atoms with Crippen molar-refractivity contribution in [2.75, 3.05) is 19.7 Å². The SMILES string of the molecule is Cc1ccc(C(C)NC(=O)C2=C(c3ccc(CCOc4cc(F)ccc4Br)cc3)CC3CN(C(=O)O)CC2N3C(=O)O)cc1. The Hall–Kier alpha value is -4.38. The zero-order valence-electron chi connectivity index (χ0n) is 24.3. The number of carbonyl (C=O) groups excluding carboxylic acids is 1. The van der Waals surface area contributed by atoms with E-state index in [1.807, 2.05) is 62.4 Å². The van der Waals surface area contributed by atoms with Gasteiger partial charge in [-0.05, 0) is 70.6 Å². The predicted octanol–water partition coefficient (Wildman–Crippen LogP) is 6.26. The molecule has 1 saturated heterocycles. The summed E-state index contributed by atoms with van der Waals surface area (Å²) in [6.45, 7) is 4.02. The van der Waals surface area contributed by atoms with Gasteiger partial charge in [-0.1, -0.05) is 54.1 Å². The van der Waals surface area contributed by atoms with Crippen molar-refractivity contribution in [3.8, 4) is 5.75 Å². The molecule has 1 fully saturated rings. The summed E-state index contributed by atoms with van der Waals surface area (Å²) >= 11 is 3.36. The van der Waals surface area contributed by atoms with E-state index in [2.05, 4.69) is 21.2 Å². The molecule has 3 N–H and O–H groups in total. The molecule has 3 aromatic rings. The molecule has 11 heteroatoms. The number of piperazine rings is 1. The largest absolute Gasteiger partial charge is 0.492 e. The minimum absolute atomic E-state index is 0.0152. The molecule has 0 aliphatic carbocycles. The third-order valence-electron chi connectivity index (χ3n) is 8.16. The second kappa shape index (κ2) is 13.1. The number of carboxylic acid groups (broad SMARTS) is 2. The minimum atomic E-state index is -1.19. The third-order valence-corrected chi connectivity index (χ3v) is 8.81. The summed E-state index contributed by atoms with van der Waals surface area (Å²) in [5.41, 5.74) is 4.65. The van der Waals surface area contributed by atoms with Crippen molar-refractivity contribution in [2.24, 2.45) is 0 Å². The van der Waals surface area contributed by atoms with Gasteiger partial charge >= 0.3 is 12.2 Å². The Morgan fingerprint density at radius 2 is 1.73 bits per heavy atom. The van der Waals surface area contributed by atoms with Crippen LogP contribution >= 0.6 is 15.9 Å². The summed E-state index contributed by atoms with van der Waals surface area (Å²) in [7, 11) is 0. The van der Waals surface area contributed by atoms with Crippen LogP contribution in [0.1, 0.15) is 41.6 Å². The molecular formula is C33H33BrFN3O6. The first-order valence-corrected chi connectivity index (χ1v) is 15.1. The van der Waals surface area contributed by atoms with Crippen LogP contribution < -0.4 is 10.1 Å². The van der Waals surface area contributed by atoms with Gasteiger partial charge in [0.25, 0.3) is 0 Å². The van der Waals surface area contributed by atoms with Crippen molar-refractivity contribution in [2.45, 2.75) is 44.8 Å². The molecule has 2 heterocycles. The van der Waals surface area contributed by atoms with Crippen LogP contribution in [0.4, 0.5) is 14.0 Å². The molecule has 0 aromatic heterocycles. The molecule has 2 bridgehead atoms. The van der Waals surface area contributed by atoms with Gasteiger partial charge in [0.15, 0.2) is 0 Å². The van der Waals surface area contributed by atoms with E-state index in [-0.39, 0.29) is 36.9 Å². The zero-order chi connectivity index (χ0) is 31.5. The van der Waals surface area contributed by atoms with Crippen LogP contribution in [0, 0.1) is 12.7 Å². The topological polar surface area (TPSA) is 119 Å². The van der Waals surface area contributed by atoms with Gasteiger partial charge in [0.05, 0.1) is 29.2 Å². The van der Waals surface area contributed by atoms with E-state index in [0.29, 0.717) is 28.8 Å². The summed E-state index contributed by atoms with van der Waals surface area (Å²) in [5, 5.41) is 22.9. The standard InChI is InChI=1S/C33H33BrFN3O6/c1-19-3-7-22(8-4-19)20(2)36-31(39)30-26(16-25-17-37(32(40)41)18-28(30)38(25)33(42)43)23-9-5-21(6-10-23)13-14-44-29-15-24(35)11-12-27(29)34/h3-12,15,20,25,28H,13-14,16-18H2,1-2H3,(H,36,39)(H,40,41)(H,42,43). The van der Waals surface area contributed by atoms with E-state index in [0.717, 1.165) is 22.3 Å². The molecule has 5 rings (SSSR count). The van der Waals surface area contributed by atoms with Crippen LogP contribution in [-0.2, 0) is 11.2 Å². The fraction of sp³-hybridized carbons (Fsp3) is 0.303. The summed E-state index contributed by atoms with van der Waals surface area (Å²) in [6.07, 6.45) is -1.61. The van der Waals surface area contributed by atoms with Crippen molar-refractivity contribution in [3.63, 3.8) is 0 Å². The fourth-order valence-corrected chi connectivity index (χ4v) is 6.23. The molecular weight excluding hydrogens is 633 g/mol. The second-order valence-corrected chi connectivity index (χ2v) is 12.0. The van der Waals surface area contributed by atoms with Crippen LogP contribution in [0.3, 0.4) is 0 Å². The molecule has 3 unspecified atom stereocenters. The molecule has 0 radical (unpaired) electrons. The third kappa shape index (κ3) is 6.72. The van der Waals surface area contributed by atoms with Gasteiger partial charge in [-0.3, -0.25) is 9.69 Å². The number of halogens is 2. The number of benzene rings is 3. The maximum absolute atomic E-state index is 14.0. The molecule has 2 aliphatic rings. The number of aryl methyl sites for hydroxylation is 1. The van der Waals surface area contributed by atoms with Gasteiger partial charge in [-0.25, -0.2) is 14.0 Å². The van der Waals surface area contributed by atoms with E-state index >= 15 is 0 Å². The van der Waals surface area contributed by atoms with Crippen molar-refractivity contribution in [1.82, 2.24) is 15.1 Å². The number of rotatable bonds is 8. The Morgan fingerprint density at radius 3 is 2.39 bits per heavy atom. The van der Waals surface area contributed by atoms with Gasteiger partial charge in [0, 0.05) is 31.1 Å². The van der Waals surface area contributed by atoms with E-state index in [1.165, 1.54) is 21.9 Å². The van der Waals surface area contributed by atoms with Gasteiger partial charge in [0.2, 0.25) is 5.91 Å². The molecule has 44 heavy (non-hydrogen) atoms. The van der Waals surface area contributed by atoms with Gasteiger partial charge in [-0.2, -0.15) is 0 Å². The van der Waals surface area contributed by atoms with Crippen LogP contribution in [0.2, 0.25) is 0 Å². The number of nitrogens with one attached hydrogen (secondary N) is 1. The van der Waals surface area contributed by atoms with Crippen molar-refractivity contribution < 1.29 is 33.7 Å². The van der Waals surface area contributed by atoms with Crippen LogP contribution in [0.25, 0.3) is 5.57 Å². The Bertz CT molecular complexity index is 1590. The highest BCUT2D eigenvalue weighted by Gasteiger charge is 2.47. The molecule has 0 spiro atoms. The van der Waals surface area contributed by atoms with Gasteiger partial charge in [-0.15, -0.1) is 0 Å². The number of nitrogens with zero attached hydrogens (tertiary/aromatic N) is 2. The lowest BCUT2D eigenvalue weighted by atomic mass is 9.81. The van der Waals surface area contributed by atoms with Gasteiger partial charge in [0.1, 0.15) is 11.6 Å². The number of carbonyl (C=O) groups is 3. The van der Waals surface area contributed by atoms with E-state index < -0.39 is 30.2 Å². The monoisotopic (exact) mass is 665 g/mol. The molecule has 3 aromatic carbocycles. The summed E-state index contributed by atoms with van der Waals surface area (Å²) < 4.78 is 20.0. The first kappa shape index (κ1) is 31.1. The zero-order valence-corrected chi connectivity index (χ0v) is 25.9. The van der Waals surface area contributed by atoms with Crippen molar-refractivity contribution >= 4 is 39.6 Å². The Balaban J connectivity index is 1.43. The highest BCUT2D eigenvalue weighted by atomic mass is 79.9. The van der Waals surface area contributed by atoms with Crippen molar-refractivity contribution in [1.29, 1.82) is 0 Å². The van der Waals surface area contributed by atoms with Gasteiger partial charge < -0.3 is 25.2 Å². The predicted molar refractivity (Wildman–Crippen MR) is 166 cm³/mol. The first-order valence-electron chi connectivity index (χ1n) is 14.3. The maximum Gasteiger partial charge on any atom is 0.408 e. The minimum Gasteiger partial charge on any atom is -0.492 e. The second-order valence-electron chi connectivity index (χ2n) is 11.1. The number of ether oxygens (including phenoxy) is 1. The maximum atomic E-state index is 14.0. The summed E-state index contributed by atoms with van der Waals surface area (Å²) in [4.78, 5) is 40.7. The first-order chi connectivity index (χ1) is 21.0. The van der Waals surface area contributed by atoms with Crippen LogP contribution in [-0.4, -0.2) is 69.9 Å². The number of amides is 3. The van der Waals surface area contributed by atoms with E-state index in [1.54, 1.807) is 6.07 Å². The number of fused-ring (bicyclic) bond motifs is 2. The number of hydrogen-bond donors (Lipinski definition) is 3. The van der Waals surface area contributed by atoms with Crippen LogP contribution in [0.15, 0.2) is 76.8 Å². The molecule has 9 nitrogen and oxygen atoms in total. The smallest absolute Gasteiger partial charge is 0.408 e. The molecule has 230 valence electrons. The lowest BCUT2D eigenvalue weighted by Crippen LogP contribution is -2.64. The van der Waals surface area contributed by atoms with Crippen molar-refractivity contribution in [3.05, 3.63) is 105 Å². The molecule has 2 aliphatic heterocycles. The summed E-state index contributed by atoms with van der Waals surface area (Å²) in [6, 6.07) is 17.7. The van der Waals surface area contributed by atoms with E-state index in [9.17, 15) is 29.0 Å². The molecule has 3 amide bonds. The number of hydrogen-bond acceptors (Lipinski definition) is 4. The molecule has 3 atom stereocenters. The summed E-state index contributed by atoms with van der Waals surface area (Å²) in [5.74, 6) is -0.415.